The predicted octanol–water partition coefficient (Wildman–Crippen LogP) is 3.17. The summed E-state index contributed by atoms with van der Waals surface area (Å²) in [5.74, 6) is 0.153. The molecule has 5 rings (SSSR count). The smallest absolute Gasteiger partial charge is 0.240 e. The fraction of sp³-hybridized carbons (Fsp3) is 0.100. The van der Waals surface area contributed by atoms with Gasteiger partial charge in [-0.3, -0.25) is 0 Å². The van der Waals surface area contributed by atoms with Gasteiger partial charge >= 0.3 is 0 Å². The highest BCUT2D eigenvalue weighted by Crippen LogP contribution is 2.37. The number of aryl methyl sites for hydroxylation is 2. The molecular weight excluding hydrogens is 338 g/mol. The van der Waals surface area contributed by atoms with Gasteiger partial charge in [-0.25, -0.2) is 9.97 Å². The van der Waals surface area contributed by atoms with Gasteiger partial charge in [0.05, 0.1) is 0 Å². The van der Waals surface area contributed by atoms with Gasteiger partial charge < -0.3 is 14.9 Å². The topological polar surface area (TPSA) is 87.4 Å². The minimum atomic E-state index is 0.153. The number of nitrogens with two attached hydrogens (primary N) is 1. The van der Waals surface area contributed by atoms with Crippen LogP contribution in [-0.4, -0.2) is 29.3 Å². The zero-order valence-corrected chi connectivity index (χ0v) is 15.0. The van der Waals surface area contributed by atoms with Crippen LogP contribution in [-0.2, 0) is 14.1 Å². The lowest BCUT2D eigenvalue weighted by atomic mass is 10.0. The second-order valence-corrected chi connectivity index (χ2v) is 6.57. The van der Waals surface area contributed by atoms with E-state index in [1.807, 2.05) is 49.1 Å². The Bertz CT molecular complexity index is 1310. The van der Waals surface area contributed by atoms with Crippen molar-refractivity contribution in [2.45, 2.75) is 0 Å². The van der Waals surface area contributed by atoms with Crippen LogP contribution in [0.5, 0.6) is 0 Å². The summed E-state index contributed by atoms with van der Waals surface area (Å²) >= 11 is 0. The van der Waals surface area contributed by atoms with Gasteiger partial charge in [-0.2, -0.15) is 0 Å². The highest BCUT2D eigenvalue weighted by atomic mass is 15.2. The van der Waals surface area contributed by atoms with Gasteiger partial charge in [-0.05, 0) is 18.2 Å². The van der Waals surface area contributed by atoms with E-state index in [0.717, 1.165) is 38.8 Å². The zero-order valence-electron chi connectivity index (χ0n) is 15.0. The molecule has 5 aromatic rings. The van der Waals surface area contributed by atoms with Crippen molar-refractivity contribution in [3.05, 3.63) is 55.0 Å². The van der Waals surface area contributed by atoms with Gasteiger partial charge in [0.2, 0.25) is 5.95 Å². The summed E-state index contributed by atoms with van der Waals surface area (Å²) in [5, 5.41) is 10.5. The molecule has 7 heteroatoms. The third kappa shape index (κ3) is 2.28. The molecule has 2 N–H and O–H groups in total. The van der Waals surface area contributed by atoms with E-state index >= 15 is 0 Å². The highest BCUT2D eigenvalue weighted by molar-refractivity contribution is 6.02. The number of hydrogen-bond donors (Lipinski definition) is 1. The lowest BCUT2D eigenvalue weighted by Gasteiger charge is -2.06. The van der Waals surface area contributed by atoms with Gasteiger partial charge in [-0.1, -0.05) is 18.2 Å². The zero-order chi connectivity index (χ0) is 18.5. The van der Waals surface area contributed by atoms with E-state index in [2.05, 4.69) is 43.1 Å². The van der Waals surface area contributed by atoms with Crippen LogP contribution in [0, 0.1) is 0 Å². The molecular formula is C20H17N7. The number of anilines is 1. The molecule has 132 valence electrons. The van der Waals surface area contributed by atoms with Gasteiger partial charge in [0, 0.05) is 60.1 Å². The third-order valence-corrected chi connectivity index (χ3v) is 4.84. The van der Waals surface area contributed by atoms with Crippen molar-refractivity contribution in [2.24, 2.45) is 14.1 Å². The molecule has 0 amide bonds. The molecule has 0 spiro atoms. The van der Waals surface area contributed by atoms with Crippen molar-refractivity contribution in [3.63, 3.8) is 0 Å². The number of benzene rings is 1. The number of hydrogen-bond acceptors (Lipinski definition) is 5. The third-order valence-electron chi connectivity index (χ3n) is 4.84. The molecule has 4 heterocycles. The minimum Gasteiger partial charge on any atom is -0.366 e. The first kappa shape index (κ1) is 15.5. The molecule has 0 atom stereocenters. The molecule has 0 radical (unpaired) electrons. The Morgan fingerprint density at radius 2 is 1.56 bits per heavy atom. The summed E-state index contributed by atoms with van der Waals surface area (Å²) in [6.07, 6.45) is 5.85. The quantitative estimate of drug-likeness (QED) is 0.525. The standard InChI is InChI=1S/C20H17N7/c1-26-10-14(12-6-3-4-8-16(12)26)17-18(24-25-20(21)23-17)15-11-27(2)19-13(15)7-5-9-22-19/h3-11H,1-2H3,(H2,21,23,25). The Kier molecular flexibility index (Phi) is 3.24. The van der Waals surface area contributed by atoms with E-state index < -0.39 is 0 Å². The van der Waals surface area contributed by atoms with E-state index in [0.29, 0.717) is 5.69 Å². The lowest BCUT2D eigenvalue weighted by molar-refractivity contribution is 0.945. The second kappa shape index (κ2) is 5.63. The van der Waals surface area contributed by atoms with Crippen molar-refractivity contribution in [3.8, 4) is 22.5 Å². The Morgan fingerprint density at radius 1 is 0.815 bits per heavy atom. The summed E-state index contributed by atoms with van der Waals surface area (Å²) in [6, 6.07) is 12.2. The van der Waals surface area contributed by atoms with Gasteiger partial charge in [0.15, 0.2) is 0 Å². The van der Waals surface area contributed by atoms with Gasteiger partial charge in [-0.15, -0.1) is 10.2 Å². The summed E-state index contributed by atoms with van der Waals surface area (Å²) in [5.41, 5.74) is 11.2. The molecule has 0 saturated carbocycles. The average molecular weight is 355 g/mol. The predicted molar refractivity (Wildman–Crippen MR) is 106 cm³/mol. The SMILES string of the molecule is Cn1cc(-c2nc(N)nnc2-c2cn(C)c3ncccc23)c2ccccc21. The molecule has 0 bridgehead atoms. The molecule has 0 fully saturated rings. The van der Waals surface area contributed by atoms with E-state index in [-0.39, 0.29) is 5.95 Å². The van der Waals surface area contributed by atoms with Crippen LogP contribution in [0.25, 0.3) is 44.5 Å². The maximum absolute atomic E-state index is 5.90. The molecule has 7 nitrogen and oxygen atoms in total. The summed E-state index contributed by atoms with van der Waals surface area (Å²) < 4.78 is 4.06. The number of nitrogens with zero attached hydrogens (tertiary/aromatic N) is 6. The van der Waals surface area contributed by atoms with Crippen LogP contribution in [0.3, 0.4) is 0 Å². The number of para-hydroxylation sites is 1. The van der Waals surface area contributed by atoms with Crippen LogP contribution >= 0.6 is 0 Å². The maximum Gasteiger partial charge on any atom is 0.240 e. The normalized spacial score (nSPS) is 11.5. The Balaban J connectivity index is 1.85. The van der Waals surface area contributed by atoms with Crippen molar-refractivity contribution >= 4 is 27.9 Å². The minimum absolute atomic E-state index is 0.153. The number of pyridine rings is 1. The molecule has 1 aromatic carbocycles. The van der Waals surface area contributed by atoms with Gasteiger partial charge in [0.25, 0.3) is 0 Å². The molecule has 0 aliphatic rings. The number of nitrogen functional groups attached to an aromatic ring is 1. The van der Waals surface area contributed by atoms with Crippen molar-refractivity contribution in [1.82, 2.24) is 29.3 Å². The molecule has 27 heavy (non-hydrogen) atoms. The number of rotatable bonds is 2. The lowest BCUT2D eigenvalue weighted by Crippen LogP contribution is -2.02. The monoisotopic (exact) mass is 355 g/mol. The van der Waals surface area contributed by atoms with Crippen molar-refractivity contribution in [1.29, 1.82) is 0 Å². The van der Waals surface area contributed by atoms with E-state index in [4.69, 9.17) is 5.73 Å². The molecule has 0 unspecified atom stereocenters. The first-order valence-electron chi connectivity index (χ1n) is 8.58. The summed E-state index contributed by atoms with van der Waals surface area (Å²) in [4.78, 5) is 9.03. The molecule has 0 aliphatic carbocycles. The molecule has 4 aromatic heterocycles. The van der Waals surface area contributed by atoms with Crippen LogP contribution in [0.2, 0.25) is 0 Å². The van der Waals surface area contributed by atoms with Crippen LogP contribution < -0.4 is 5.73 Å². The Morgan fingerprint density at radius 3 is 2.44 bits per heavy atom. The van der Waals surface area contributed by atoms with Crippen LogP contribution in [0.15, 0.2) is 55.0 Å². The fourth-order valence-electron chi connectivity index (χ4n) is 3.64. The van der Waals surface area contributed by atoms with Gasteiger partial charge in [0.1, 0.15) is 17.0 Å². The van der Waals surface area contributed by atoms with Crippen LogP contribution in [0.1, 0.15) is 0 Å². The average Bonchev–Trinajstić information content (AvgIpc) is 3.20. The highest BCUT2D eigenvalue weighted by Gasteiger charge is 2.20. The van der Waals surface area contributed by atoms with Crippen molar-refractivity contribution in [2.75, 3.05) is 5.73 Å². The van der Waals surface area contributed by atoms with E-state index in [1.165, 1.54) is 0 Å². The fourth-order valence-corrected chi connectivity index (χ4v) is 3.64. The summed E-state index contributed by atoms with van der Waals surface area (Å²) in [6.45, 7) is 0. The van der Waals surface area contributed by atoms with Crippen LogP contribution in [0.4, 0.5) is 5.95 Å². The second-order valence-electron chi connectivity index (χ2n) is 6.57. The largest absolute Gasteiger partial charge is 0.366 e. The Hall–Kier alpha value is -3.74. The number of fused-ring (bicyclic) bond motifs is 2. The first-order chi connectivity index (χ1) is 13.1. The maximum atomic E-state index is 5.90. The van der Waals surface area contributed by atoms with E-state index in [1.54, 1.807) is 6.20 Å². The molecule has 0 saturated heterocycles. The van der Waals surface area contributed by atoms with E-state index in [9.17, 15) is 0 Å². The first-order valence-corrected chi connectivity index (χ1v) is 8.58. The summed E-state index contributed by atoms with van der Waals surface area (Å²) in [7, 11) is 3.99. The van der Waals surface area contributed by atoms with Crippen molar-refractivity contribution < 1.29 is 0 Å². The Labute approximate surface area is 155 Å². The molecule has 0 aliphatic heterocycles. The number of aromatic nitrogens is 6.